The number of carboxylic acid groups (broad SMARTS) is 1. The first-order valence-corrected chi connectivity index (χ1v) is 7.26. The second kappa shape index (κ2) is 5.51. The van der Waals surface area contributed by atoms with E-state index in [1.54, 1.807) is 12.1 Å². The summed E-state index contributed by atoms with van der Waals surface area (Å²) in [5.74, 6) is -1.08. The van der Waals surface area contributed by atoms with Crippen LogP contribution in [0.3, 0.4) is 0 Å². The maximum Gasteiger partial charge on any atom is 0.325 e. The molecule has 2 rings (SSSR count). The smallest absolute Gasteiger partial charge is 0.325 e. The molecule has 0 amide bonds. The molecule has 2 aromatic rings. The van der Waals surface area contributed by atoms with Gasteiger partial charge in [-0.2, -0.15) is 5.10 Å². The zero-order valence-electron chi connectivity index (χ0n) is 10.0. The third-order valence-electron chi connectivity index (χ3n) is 2.31. The number of carboxylic acids is 1. The molecule has 0 unspecified atom stereocenters. The van der Waals surface area contributed by atoms with Gasteiger partial charge in [-0.1, -0.05) is 23.7 Å². The van der Waals surface area contributed by atoms with Crippen LogP contribution in [0.4, 0.5) is 5.69 Å². The van der Waals surface area contributed by atoms with Crippen molar-refractivity contribution in [3.05, 3.63) is 41.7 Å². The average molecular weight is 316 g/mol. The minimum Gasteiger partial charge on any atom is -0.480 e. The topological polar surface area (TPSA) is 101 Å². The van der Waals surface area contributed by atoms with Gasteiger partial charge >= 0.3 is 5.97 Å². The second-order valence-electron chi connectivity index (χ2n) is 3.86. The van der Waals surface area contributed by atoms with Crippen LogP contribution in [0.2, 0.25) is 5.02 Å². The van der Waals surface area contributed by atoms with E-state index in [0.717, 1.165) is 4.68 Å². The third-order valence-corrected chi connectivity index (χ3v) is 4.19. The monoisotopic (exact) mass is 315 g/mol. The van der Waals surface area contributed by atoms with Crippen LogP contribution in [-0.4, -0.2) is 29.3 Å². The highest BCUT2D eigenvalue weighted by Crippen LogP contribution is 2.22. The molecule has 7 nitrogen and oxygen atoms in total. The summed E-state index contributed by atoms with van der Waals surface area (Å²) in [5.41, 5.74) is 0.158. The molecule has 0 aliphatic rings. The highest BCUT2D eigenvalue weighted by molar-refractivity contribution is 7.92. The van der Waals surface area contributed by atoms with Crippen molar-refractivity contribution < 1.29 is 18.3 Å². The van der Waals surface area contributed by atoms with Crippen LogP contribution in [0.25, 0.3) is 0 Å². The number of anilines is 1. The Balaban J connectivity index is 2.23. The van der Waals surface area contributed by atoms with Crippen LogP contribution in [-0.2, 0) is 21.4 Å². The summed E-state index contributed by atoms with van der Waals surface area (Å²) in [6, 6.07) is 6.00. The predicted molar refractivity (Wildman–Crippen MR) is 72.1 cm³/mol. The van der Waals surface area contributed by atoms with Gasteiger partial charge in [0.2, 0.25) is 0 Å². The number of hydrogen-bond donors (Lipinski definition) is 2. The van der Waals surface area contributed by atoms with Gasteiger partial charge in [0.25, 0.3) is 10.0 Å². The number of hydrogen-bond acceptors (Lipinski definition) is 4. The normalized spacial score (nSPS) is 11.2. The molecule has 0 fully saturated rings. The van der Waals surface area contributed by atoms with Crippen LogP contribution in [0, 0.1) is 0 Å². The number of aromatic nitrogens is 2. The first-order valence-electron chi connectivity index (χ1n) is 5.40. The number of halogens is 1. The van der Waals surface area contributed by atoms with Crippen molar-refractivity contribution in [3.8, 4) is 0 Å². The van der Waals surface area contributed by atoms with Gasteiger partial charge in [0, 0.05) is 6.20 Å². The van der Waals surface area contributed by atoms with Gasteiger partial charge in [-0.15, -0.1) is 0 Å². The molecule has 1 heterocycles. The molecular formula is C11H10ClN3O4S. The maximum atomic E-state index is 12.1. The molecule has 0 aliphatic carbocycles. The summed E-state index contributed by atoms with van der Waals surface area (Å²) >= 11 is 5.83. The number of sulfonamides is 1. The Morgan fingerprint density at radius 2 is 2.10 bits per heavy atom. The number of benzene rings is 1. The van der Waals surface area contributed by atoms with E-state index in [0.29, 0.717) is 0 Å². The summed E-state index contributed by atoms with van der Waals surface area (Å²) in [5, 5.41) is 12.4. The lowest BCUT2D eigenvalue weighted by atomic mass is 10.4. The first kappa shape index (κ1) is 14.4. The minimum atomic E-state index is -3.84. The highest BCUT2D eigenvalue weighted by Gasteiger charge is 2.18. The molecule has 20 heavy (non-hydrogen) atoms. The molecule has 1 aromatic carbocycles. The van der Waals surface area contributed by atoms with Gasteiger partial charge in [-0.3, -0.25) is 14.2 Å². The van der Waals surface area contributed by atoms with Crippen molar-refractivity contribution in [1.82, 2.24) is 9.78 Å². The standard InChI is InChI=1S/C11H10ClN3O4S/c12-9-3-1-2-4-10(9)20(18,19)14-8-5-13-15(6-8)7-11(16)17/h1-6,14H,7H2,(H,16,17). The van der Waals surface area contributed by atoms with Crippen molar-refractivity contribution in [2.24, 2.45) is 0 Å². The van der Waals surface area contributed by atoms with E-state index in [2.05, 4.69) is 9.82 Å². The molecule has 0 radical (unpaired) electrons. The third kappa shape index (κ3) is 3.28. The second-order valence-corrected chi connectivity index (χ2v) is 5.91. The molecule has 1 aromatic heterocycles. The molecule has 2 N–H and O–H groups in total. The lowest BCUT2D eigenvalue weighted by molar-refractivity contribution is -0.137. The van der Waals surface area contributed by atoms with Gasteiger partial charge in [0.15, 0.2) is 0 Å². The van der Waals surface area contributed by atoms with E-state index in [4.69, 9.17) is 16.7 Å². The SMILES string of the molecule is O=C(O)Cn1cc(NS(=O)(=O)c2ccccc2Cl)cn1. The summed E-state index contributed by atoms with van der Waals surface area (Å²) in [4.78, 5) is 10.5. The van der Waals surface area contributed by atoms with E-state index in [-0.39, 0.29) is 22.2 Å². The largest absolute Gasteiger partial charge is 0.480 e. The van der Waals surface area contributed by atoms with Gasteiger partial charge in [0.05, 0.1) is 16.9 Å². The Bertz CT molecular complexity index is 742. The molecule has 0 saturated carbocycles. The van der Waals surface area contributed by atoms with Crippen LogP contribution in [0.15, 0.2) is 41.6 Å². The summed E-state index contributed by atoms with van der Waals surface area (Å²) in [6.07, 6.45) is 2.50. The fraction of sp³-hybridized carbons (Fsp3) is 0.0909. The predicted octanol–water partition coefficient (Wildman–Crippen LogP) is 1.42. The quantitative estimate of drug-likeness (QED) is 0.869. The lowest BCUT2D eigenvalue weighted by Gasteiger charge is -2.07. The summed E-state index contributed by atoms with van der Waals surface area (Å²) in [7, 11) is -3.84. The van der Waals surface area contributed by atoms with Crippen molar-refractivity contribution in [2.75, 3.05) is 4.72 Å². The van der Waals surface area contributed by atoms with Gasteiger partial charge in [-0.05, 0) is 12.1 Å². The van der Waals surface area contributed by atoms with E-state index < -0.39 is 16.0 Å². The number of nitrogens with one attached hydrogen (secondary N) is 1. The zero-order valence-corrected chi connectivity index (χ0v) is 11.6. The Kier molecular flexibility index (Phi) is 3.96. The van der Waals surface area contributed by atoms with Gasteiger partial charge in [0.1, 0.15) is 11.4 Å². The molecular weight excluding hydrogens is 306 g/mol. The summed E-state index contributed by atoms with van der Waals surface area (Å²) in [6.45, 7) is -0.353. The molecule has 106 valence electrons. The Hall–Kier alpha value is -2.06. The van der Waals surface area contributed by atoms with Crippen molar-refractivity contribution >= 4 is 33.3 Å². The highest BCUT2D eigenvalue weighted by atomic mass is 35.5. The fourth-order valence-electron chi connectivity index (χ4n) is 1.51. The van der Waals surface area contributed by atoms with Crippen LogP contribution >= 0.6 is 11.6 Å². The molecule has 0 aliphatic heterocycles. The van der Waals surface area contributed by atoms with Gasteiger partial charge in [-0.25, -0.2) is 8.42 Å². The zero-order chi connectivity index (χ0) is 14.8. The van der Waals surface area contributed by atoms with Crippen molar-refractivity contribution in [1.29, 1.82) is 0 Å². The van der Waals surface area contributed by atoms with E-state index in [1.807, 2.05) is 0 Å². The van der Waals surface area contributed by atoms with Crippen LogP contribution in [0.1, 0.15) is 0 Å². The first-order chi connectivity index (χ1) is 9.38. The number of carbonyl (C=O) groups is 1. The van der Waals surface area contributed by atoms with Crippen molar-refractivity contribution in [2.45, 2.75) is 11.4 Å². The Morgan fingerprint density at radius 1 is 1.40 bits per heavy atom. The molecule has 0 spiro atoms. The number of rotatable bonds is 5. The molecule has 9 heteroatoms. The number of nitrogens with zero attached hydrogens (tertiary/aromatic N) is 2. The molecule has 0 saturated heterocycles. The minimum absolute atomic E-state index is 0.0624. The van der Waals surface area contributed by atoms with E-state index >= 15 is 0 Å². The molecule has 0 bridgehead atoms. The maximum absolute atomic E-state index is 12.1. The Morgan fingerprint density at radius 3 is 2.75 bits per heavy atom. The van der Waals surface area contributed by atoms with Crippen molar-refractivity contribution in [3.63, 3.8) is 0 Å². The van der Waals surface area contributed by atoms with E-state index in [9.17, 15) is 13.2 Å². The molecule has 0 atom stereocenters. The average Bonchev–Trinajstić information content (AvgIpc) is 2.75. The summed E-state index contributed by atoms with van der Waals surface area (Å²) < 4.78 is 27.6. The Labute approximate surface area is 119 Å². The van der Waals surface area contributed by atoms with Crippen LogP contribution in [0.5, 0.6) is 0 Å². The van der Waals surface area contributed by atoms with E-state index in [1.165, 1.54) is 24.5 Å². The fourth-order valence-corrected chi connectivity index (χ4v) is 3.06. The number of aliphatic carboxylic acids is 1. The lowest BCUT2D eigenvalue weighted by Crippen LogP contribution is -2.13. The van der Waals surface area contributed by atoms with Crippen LogP contribution < -0.4 is 4.72 Å². The van der Waals surface area contributed by atoms with Gasteiger partial charge < -0.3 is 5.11 Å².